The Hall–Kier alpha value is -4.57. The number of halogens is 1. The van der Waals surface area contributed by atoms with E-state index in [4.69, 9.17) is 21.1 Å². The van der Waals surface area contributed by atoms with Gasteiger partial charge in [0.2, 0.25) is 17.7 Å². The smallest absolute Gasteiger partial charge is 0.255 e. The highest BCUT2D eigenvalue weighted by atomic mass is 35.5. The molecular formula is C36H43ClN4O6. The van der Waals surface area contributed by atoms with Crippen molar-refractivity contribution in [2.75, 3.05) is 33.4 Å². The summed E-state index contributed by atoms with van der Waals surface area (Å²) in [5.74, 6) is -0.465. The SMILES string of the molecule is Cc1cc(OCCNC(=O)[C@@H]2CCC(=O)N[C@H](Cc3ccccc3)C(=O)N(C)CCOc3ccccc3C(=O)N2)c(C(C)C)cc1Cl. The second-order valence-corrected chi connectivity index (χ2v) is 12.3. The van der Waals surface area contributed by atoms with Gasteiger partial charge in [-0.15, -0.1) is 0 Å². The number of nitrogens with zero attached hydrogens (tertiary/aromatic N) is 1. The van der Waals surface area contributed by atoms with E-state index in [-0.39, 0.29) is 56.5 Å². The van der Waals surface area contributed by atoms with Crippen molar-refractivity contribution in [3.63, 3.8) is 0 Å². The van der Waals surface area contributed by atoms with Crippen LogP contribution in [0.4, 0.5) is 0 Å². The van der Waals surface area contributed by atoms with Crippen LogP contribution in [-0.4, -0.2) is 74.0 Å². The molecule has 1 aliphatic rings. The zero-order chi connectivity index (χ0) is 33.9. The third kappa shape index (κ3) is 9.96. The predicted octanol–water partition coefficient (Wildman–Crippen LogP) is 4.42. The van der Waals surface area contributed by atoms with Crippen LogP contribution in [0.5, 0.6) is 11.5 Å². The Morgan fingerprint density at radius 2 is 1.79 bits per heavy atom. The van der Waals surface area contributed by atoms with E-state index in [1.807, 2.05) is 63.2 Å². The van der Waals surface area contributed by atoms with Gasteiger partial charge in [-0.25, -0.2) is 0 Å². The number of hydrogen-bond acceptors (Lipinski definition) is 6. The van der Waals surface area contributed by atoms with Gasteiger partial charge in [0.1, 0.15) is 36.8 Å². The maximum absolute atomic E-state index is 13.5. The fraction of sp³-hybridized carbons (Fsp3) is 0.389. The van der Waals surface area contributed by atoms with Gasteiger partial charge >= 0.3 is 0 Å². The second kappa shape index (κ2) is 16.8. The number of ether oxygens (including phenoxy) is 2. The predicted molar refractivity (Wildman–Crippen MR) is 181 cm³/mol. The molecule has 0 saturated heterocycles. The summed E-state index contributed by atoms with van der Waals surface area (Å²) < 4.78 is 11.9. The van der Waals surface area contributed by atoms with Crippen LogP contribution in [0.3, 0.4) is 0 Å². The lowest BCUT2D eigenvalue weighted by Crippen LogP contribution is -2.50. The first-order valence-corrected chi connectivity index (χ1v) is 16.2. The van der Waals surface area contributed by atoms with Gasteiger partial charge in [-0.1, -0.05) is 67.9 Å². The van der Waals surface area contributed by atoms with Gasteiger partial charge in [-0.05, 0) is 60.2 Å². The van der Waals surface area contributed by atoms with Crippen LogP contribution in [0.15, 0.2) is 66.7 Å². The minimum atomic E-state index is -1.04. The summed E-state index contributed by atoms with van der Waals surface area (Å²) >= 11 is 6.32. The summed E-state index contributed by atoms with van der Waals surface area (Å²) in [6, 6.07) is 18.0. The Bertz CT molecular complexity index is 1560. The van der Waals surface area contributed by atoms with Crippen molar-refractivity contribution >= 4 is 35.2 Å². The fourth-order valence-corrected chi connectivity index (χ4v) is 5.42. The molecule has 0 aromatic heterocycles. The highest BCUT2D eigenvalue weighted by Gasteiger charge is 2.28. The van der Waals surface area contributed by atoms with Crippen LogP contribution in [0.2, 0.25) is 5.02 Å². The summed E-state index contributed by atoms with van der Waals surface area (Å²) in [6.45, 7) is 6.69. The molecule has 250 valence electrons. The van der Waals surface area contributed by atoms with Crippen LogP contribution >= 0.6 is 11.6 Å². The quantitative estimate of drug-likeness (QED) is 0.307. The first-order chi connectivity index (χ1) is 22.5. The molecule has 3 aromatic carbocycles. The molecule has 47 heavy (non-hydrogen) atoms. The second-order valence-electron chi connectivity index (χ2n) is 11.9. The largest absolute Gasteiger partial charge is 0.491 e. The fourth-order valence-electron chi connectivity index (χ4n) is 5.25. The van der Waals surface area contributed by atoms with Crippen molar-refractivity contribution in [3.8, 4) is 11.5 Å². The Morgan fingerprint density at radius 1 is 1.06 bits per heavy atom. The lowest BCUT2D eigenvalue weighted by atomic mass is 10.0. The zero-order valence-corrected chi connectivity index (χ0v) is 28.1. The standard InChI is InChI=1S/C36H43ClN4O6/c1-23(2)27-22-28(37)24(3)20-32(27)46-18-16-38-35(44)29-14-15-33(42)39-30(21-25-10-6-5-7-11-25)36(45)41(4)17-19-47-31-13-9-8-12-26(31)34(43)40-29/h5-13,20,22-23,29-30H,14-19,21H2,1-4H3,(H,38,44)(H,39,42)(H,40,43)/t29-,30+/m0/s1. The molecule has 0 unspecified atom stereocenters. The van der Waals surface area contributed by atoms with Crippen LogP contribution < -0.4 is 25.4 Å². The summed E-state index contributed by atoms with van der Waals surface area (Å²) in [7, 11) is 1.65. The van der Waals surface area contributed by atoms with E-state index in [0.717, 1.165) is 16.7 Å². The summed E-state index contributed by atoms with van der Waals surface area (Å²) in [6.07, 6.45) is 0.201. The van der Waals surface area contributed by atoms with Gasteiger partial charge < -0.3 is 30.3 Å². The van der Waals surface area contributed by atoms with E-state index >= 15 is 0 Å². The van der Waals surface area contributed by atoms with E-state index < -0.39 is 29.8 Å². The van der Waals surface area contributed by atoms with Crippen LogP contribution in [0.1, 0.15) is 59.7 Å². The van der Waals surface area contributed by atoms with E-state index in [9.17, 15) is 19.2 Å². The molecule has 3 aromatic rings. The number of amides is 4. The normalized spacial score (nSPS) is 17.8. The van der Waals surface area contributed by atoms with Gasteiger partial charge in [-0.2, -0.15) is 0 Å². The Kier molecular flexibility index (Phi) is 12.6. The highest BCUT2D eigenvalue weighted by molar-refractivity contribution is 6.31. The van der Waals surface area contributed by atoms with Gasteiger partial charge in [-0.3, -0.25) is 19.2 Å². The van der Waals surface area contributed by atoms with Crippen molar-refractivity contribution in [1.82, 2.24) is 20.9 Å². The Balaban J connectivity index is 1.49. The molecule has 1 aliphatic heterocycles. The first kappa shape index (κ1) is 35.3. The molecule has 0 bridgehead atoms. The van der Waals surface area contributed by atoms with E-state index in [2.05, 4.69) is 16.0 Å². The van der Waals surface area contributed by atoms with Crippen molar-refractivity contribution in [2.24, 2.45) is 0 Å². The van der Waals surface area contributed by atoms with Gasteiger partial charge in [0.05, 0.1) is 18.7 Å². The molecule has 0 fully saturated rings. The highest BCUT2D eigenvalue weighted by Crippen LogP contribution is 2.32. The van der Waals surface area contributed by atoms with Crippen molar-refractivity contribution < 1.29 is 28.7 Å². The van der Waals surface area contributed by atoms with Crippen LogP contribution in [-0.2, 0) is 20.8 Å². The van der Waals surface area contributed by atoms with Crippen molar-refractivity contribution in [3.05, 3.63) is 94.0 Å². The molecule has 4 rings (SSSR count). The number of rotatable bonds is 8. The molecule has 4 amide bonds. The summed E-state index contributed by atoms with van der Waals surface area (Å²) in [4.78, 5) is 55.0. The third-order valence-corrected chi connectivity index (χ3v) is 8.37. The van der Waals surface area contributed by atoms with Crippen molar-refractivity contribution in [1.29, 1.82) is 0 Å². The number of likely N-dealkylation sites (N-methyl/N-ethyl adjacent to an activating group) is 1. The number of fused-ring (bicyclic) bond motifs is 1. The van der Waals surface area contributed by atoms with Crippen LogP contribution in [0, 0.1) is 6.92 Å². The monoisotopic (exact) mass is 662 g/mol. The maximum Gasteiger partial charge on any atom is 0.255 e. The van der Waals surface area contributed by atoms with E-state index in [1.165, 1.54) is 4.90 Å². The Labute approximate surface area is 281 Å². The molecule has 0 radical (unpaired) electrons. The lowest BCUT2D eigenvalue weighted by Gasteiger charge is -2.25. The molecular weight excluding hydrogens is 620 g/mol. The molecule has 2 atom stereocenters. The summed E-state index contributed by atoms with van der Waals surface area (Å²) in [5, 5.41) is 9.12. The van der Waals surface area contributed by atoms with E-state index in [1.54, 1.807) is 31.3 Å². The number of hydrogen-bond donors (Lipinski definition) is 3. The number of nitrogens with one attached hydrogen (secondary N) is 3. The summed E-state index contributed by atoms with van der Waals surface area (Å²) in [5.41, 5.74) is 2.98. The van der Waals surface area contributed by atoms with Crippen LogP contribution in [0.25, 0.3) is 0 Å². The zero-order valence-electron chi connectivity index (χ0n) is 27.3. The minimum Gasteiger partial charge on any atom is -0.491 e. The molecule has 10 nitrogen and oxygen atoms in total. The minimum absolute atomic E-state index is 0.00323. The van der Waals surface area contributed by atoms with Gasteiger partial charge in [0.25, 0.3) is 5.91 Å². The first-order valence-electron chi connectivity index (χ1n) is 15.8. The number of carbonyl (C=O) groups excluding carboxylic acids is 4. The number of benzene rings is 3. The third-order valence-electron chi connectivity index (χ3n) is 7.96. The van der Waals surface area contributed by atoms with Gasteiger partial charge in [0, 0.05) is 24.9 Å². The molecule has 0 aliphatic carbocycles. The maximum atomic E-state index is 13.5. The molecule has 1 heterocycles. The number of aryl methyl sites for hydroxylation is 1. The Morgan fingerprint density at radius 3 is 2.53 bits per heavy atom. The molecule has 11 heteroatoms. The average molecular weight is 663 g/mol. The molecule has 0 spiro atoms. The number of para-hydroxylation sites is 1. The lowest BCUT2D eigenvalue weighted by molar-refractivity contribution is -0.135. The average Bonchev–Trinajstić information content (AvgIpc) is 3.05. The van der Waals surface area contributed by atoms with Gasteiger partial charge in [0.15, 0.2) is 0 Å². The molecule has 0 saturated carbocycles. The molecule has 3 N–H and O–H groups in total. The number of carbonyl (C=O) groups is 4. The van der Waals surface area contributed by atoms with E-state index in [0.29, 0.717) is 22.9 Å². The van der Waals surface area contributed by atoms with Crippen molar-refractivity contribution in [2.45, 2.75) is 58.0 Å². The topological polar surface area (TPSA) is 126 Å².